The number of benzene rings is 1. The van der Waals surface area contributed by atoms with E-state index in [1.165, 1.54) is 11.0 Å². The maximum absolute atomic E-state index is 13.7. The first kappa shape index (κ1) is 25.8. The van der Waals surface area contributed by atoms with Gasteiger partial charge in [-0.1, -0.05) is 17.9 Å². The van der Waals surface area contributed by atoms with Gasteiger partial charge in [0.15, 0.2) is 11.4 Å². The Morgan fingerprint density at radius 1 is 1.13 bits per heavy atom. The van der Waals surface area contributed by atoms with Crippen LogP contribution in [-0.4, -0.2) is 68.5 Å². The molecular weight excluding hydrogens is 488 g/mol. The van der Waals surface area contributed by atoms with Crippen molar-refractivity contribution in [2.45, 2.75) is 50.2 Å². The number of aliphatic hydroxyl groups is 3. The van der Waals surface area contributed by atoms with Gasteiger partial charge in [-0.3, -0.25) is 19.3 Å². The Morgan fingerprint density at radius 3 is 2.50 bits per heavy atom. The summed E-state index contributed by atoms with van der Waals surface area (Å²) in [4.78, 5) is 40.7. The normalized spacial score (nSPS) is 28.7. The third-order valence-electron chi connectivity index (χ3n) is 8.25. The first-order valence-electron chi connectivity index (χ1n) is 12.7. The number of aromatic hydroxyl groups is 1. The number of hydrogen-bond donors (Lipinski definition) is 5. The van der Waals surface area contributed by atoms with Crippen molar-refractivity contribution in [3.05, 3.63) is 63.1 Å². The highest BCUT2D eigenvalue weighted by molar-refractivity contribution is 6.24. The van der Waals surface area contributed by atoms with Crippen molar-refractivity contribution in [1.29, 1.82) is 0 Å². The number of likely N-dealkylation sites (N-methyl/N-ethyl adjacent to an activating group) is 1. The summed E-state index contributed by atoms with van der Waals surface area (Å²) in [7, 11) is 3.19. The fraction of sp³-hybridized carbons (Fsp3) is 0.414. The Balaban J connectivity index is 1.66. The summed E-state index contributed by atoms with van der Waals surface area (Å²) in [6.07, 6.45) is 6.42. The summed E-state index contributed by atoms with van der Waals surface area (Å²) in [6.45, 7) is 0. The lowest BCUT2D eigenvalue weighted by molar-refractivity contribution is -0.148. The fourth-order valence-corrected chi connectivity index (χ4v) is 6.47. The summed E-state index contributed by atoms with van der Waals surface area (Å²) in [5.74, 6) is -0.333. The number of rotatable bonds is 2. The predicted octanol–water partition coefficient (Wildman–Crippen LogP) is 1.97. The minimum atomic E-state index is -2.65. The minimum absolute atomic E-state index is 0.0322. The summed E-state index contributed by atoms with van der Waals surface area (Å²) >= 11 is 0. The van der Waals surface area contributed by atoms with Crippen molar-refractivity contribution in [3.63, 3.8) is 0 Å². The zero-order valence-corrected chi connectivity index (χ0v) is 21.2. The molecule has 6 N–H and O–H groups in total. The van der Waals surface area contributed by atoms with Crippen molar-refractivity contribution >= 4 is 17.5 Å². The number of carbonyl (C=O) groups is 3. The Kier molecular flexibility index (Phi) is 6.21. The quantitative estimate of drug-likeness (QED) is 0.293. The second-order valence-corrected chi connectivity index (χ2v) is 10.7. The van der Waals surface area contributed by atoms with Gasteiger partial charge in [0.1, 0.15) is 22.8 Å². The molecule has 0 heterocycles. The van der Waals surface area contributed by atoms with Crippen LogP contribution in [0, 0.1) is 23.7 Å². The summed E-state index contributed by atoms with van der Waals surface area (Å²) in [6, 6.07) is 2.00. The summed E-state index contributed by atoms with van der Waals surface area (Å²) in [5, 5.41) is 44.5. The van der Waals surface area contributed by atoms with E-state index in [1.807, 2.05) is 0 Å². The molecule has 1 aromatic carbocycles. The zero-order chi connectivity index (χ0) is 27.5. The Labute approximate surface area is 219 Å². The Morgan fingerprint density at radius 2 is 1.87 bits per heavy atom. The zero-order valence-electron chi connectivity index (χ0n) is 21.2. The standard InChI is InChI=1S/C29H30N2O7/c1-31(2)23-18-13-16-12-17-15(9-8-14-6-4-3-5-7-14)10-11-19(32)21(17)24(33)20(16)26(35)29(18,38)27(36)22(25(23)34)28(30)37/h6,10-11,16,18,23,32,34-35,38H,3-5,7,12-13H2,1-2H3,(H2,30,37)/t16-,18-,23-,29-/m0/s1. The molecule has 0 saturated carbocycles. The van der Waals surface area contributed by atoms with Crippen LogP contribution < -0.4 is 5.73 Å². The molecule has 4 aliphatic rings. The average molecular weight is 519 g/mol. The van der Waals surface area contributed by atoms with E-state index in [9.17, 15) is 34.8 Å². The maximum Gasteiger partial charge on any atom is 0.255 e. The number of hydrogen-bond acceptors (Lipinski definition) is 8. The van der Waals surface area contributed by atoms with E-state index in [4.69, 9.17) is 5.73 Å². The minimum Gasteiger partial charge on any atom is -0.510 e. The monoisotopic (exact) mass is 518 g/mol. The highest BCUT2D eigenvalue weighted by Crippen LogP contribution is 2.52. The van der Waals surface area contributed by atoms with Crippen LogP contribution in [-0.2, 0) is 16.0 Å². The van der Waals surface area contributed by atoms with Crippen LogP contribution in [0.25, 0.3) is 0 Å². The van der Waals surface area contributed by atoms with E-state index < -0.39 is 58.0 Å². The molecule has 38 heavy (non-hydrogen) atoms. The van der Waals surface area contributed by atoms with Crippen LogP contribution in [0.1, 0.15) is 53.6 Å². The van der Waals surface area contributed by atoms with Gasteiger partial charge in [-0.15, -0.1) is 0 Å². The number of nitrogens with two attached hydrogens (primary N) is 1. The summed E-state index contributed by atoms with van der Waals surface area (Å²) < 4.78 is 0. The van der Waals surface area contributed by atoms with E-state index in [0.717, 1.165) is 31.3 Å². The number of amides is 1. The lowest BCUT2D eigenvalue weighted by Crippen LogP contribution is -2.63. The molecule has 0 bridgehead atoms. The first-order valence-corrected chi connectivity index (χ1v) is 12.7. The highest BCUT2D eigenvalue weighted by Gasteiger charge is 2.63. The molecule has 9 heteroatoms. The molecule has 4 aliphatic carbocycles. The molecule has 5 rings (SSSR count). The van der Waals surface area contributed by atoms with Gasteiger partial charge in [0.05, 0.1) is 11.6 Å². The van der Waals surface area contributed by atoms with Crippen LogP contribution in [0.2, 0.25) is 0 Å². The van der Waals surface area contributed by atoms with Gasteiger partial charge < -0.3 is 26.2 Å². The van der Waals surface area contributed by atoms with Crippen LogP contribution in [0.15, 0.2) is 46.4 Å². The third-order valence-corrected chi connectivity index (χ3v) is 8.25. The van der Waals surface area contributed by atoms with Crippen molar-refractivity contribution < 1.29 is 34.8 Å². The van der Waals surface area contributed by atoms with Crippen molar-refractivity contribution in [1.82, 2.24) is 4.90 Å². The smallest absolute Gasteiger partial charge is 0.255 e. The predicted molar refractivity (Wildman–Crippen MR) is 137 cm³/mol. The van der Waals surface area contributed by atoms with Crippen molar-refractivity contribution in [2.75, 3.05) is 14.1 Å². The van der Waals surface area contributed by atoms with Gasteiger partial charge in [0.25, 0.3) is 5.91 Å². The van der Waals surface area contributed by atoms with Gasteiger partial charge in [-0.05, 0) is 81.8 Å². The number of nitrogens with zero attached hydrogens (tertiary/aromatic N) is 1. The van der Waals surface area contributed by atoms with Gasteiger partial charge >= 0.3 is 0 Å². The lowest BCUT2D eigenvalue weighted by Gasteiger charge is -2.50. The molecule has 1 aromatic rings. The molecule has 0 aliphatic heterocycles. The third kappa shape index (κ3) is 3.67. The average Bonchev–Trinajstić information content (AvgIpc) is 2.86. The number of phenols is 1. The van der Waals surface area contributed by atoms with E-state index >= 15 is 0 Å². The molecule has 198 valence electrons. The number of allylic oxidation sites excluding steroid dienone is 3. The van der Waals surface area contributed by atoms with Crippen LogP contribution in [0.3, 0.4) is 0 Å². The molecule has 0 radical (unpaired) electrons. The number of Topliss-reactive ketones (excluding diaryl/α,β-unsaturated/α-hetero) is 2. The first-order chi connectivity index (χ1) is 18.0. The Bertz CT molecular complexity index is 1440. The number of aliphatic hydroxyl groups excluding tert-OH is 2. The lowest BCUT2D eigenvalue weighted by atomic mass is 9.58. The van der Waals surface area contributed by atoms with E-state index in [2.05, 4.69) is 17.9 Å². The molecule has 0 saturated heterocycles. The van der Waals surface area contributed by atoms with Crippen LogP contribution in [0.5, 0.6) is 5.75 Å². The molecule has 0 unspecified atom stereocenters. The molecule has 4 atom stereocenters. The molecule has 0 spiro atoms. The molecule has 9 nitrogen and oxygen atoms in total. The summed E-state index contributed by atoms with van der Waals surface area (Å²) in [5.41, 5.74) is 3.82. The Hall–Kier alpha value is -3.87. The largest absolute Gasteiger partial charge is 0.510 e. The van der Waals surface area contributed by atoms with Gasteiger partial charge in [0.2, 0.25) is 5.78 Å². The molecule has 0 aromatic heterocycles. The highest BCUT2D eigenvalue weighted by atomic mass is 16.3. The molecule has 0 fully saturated rings. The number of carbonyl (C=O) groups excluding carboxylic acids is 3. The van der Waals surface area contributed by atoms with Crippen LogP contribution in [0.4, 0.5) is 0 Å². The number of fused-ring (bicyclic) bond motifs is 3. The van der Waals surface area contributed by atoms with E-state index in [-0.39, 0.29) is 29.7 Å². The molecular formula is C29H30N2O7. The van der Waals surface area contributed by atoms with Gasteiger partial charge in [-0.25, -0.2) is 0 Å². The number of primary amides is 1. The van der Waals surface area contributed by atoms with Crippen molar-refractivity contribution in [2.24, 2.45) is 17.6 Å². The topological polar surface area (TPSA) is 161 Å². The fourth-order valence-electron chi connectivity index (χ4n) is 6.47. The van der Waals surface area contributed by atoms with E-state index in [0.29, 0.717) is 11.1 Å². The molecule has 1 amide bonds. The van der Waals surface area contributed by atoms with Crippen molar-refractivity contribution in [3.8, 4) is 17.6 Å². The van der Waals surface area contributed by atoms with E-state index in [1.54, 1.807) is 20.2 Å². The van der Waals surface area contributed by atoms with Gasteiger partial charge in [0, 0.05) is 17.1 Å². The second-order valence-electron chi connectivity index (χ2n) is 10.7. The number of ketones is 2. The van der Waals surface area contributed by atoms with Gasteiger partial charge in [-0.2, -0.15) is 0 Å². The maximum atomic E-state index is 13.7. The second kappa shape index (κ2) is 9.15. The SMILES string of the molecule is CN(C)[C@@H]1C(O)=C(C(N)=O)C(=O)[C@@]2(O)C(O)=C3C(=O)c4c(O)ccc(C#CC5=CCCCC5)c4C[C@H]3C[C@@H]12. The number of phenolic OH excluding ortho intramolecular Hbond substituents is 1. The van der Waals surface area contributed by atoms with Crippen LogP contribution >= 0.6 is 0 Å².